The van der Waals surface area contributed by atoms with Gasteiger partial charge in [0.05, 0.1) is 0 Å². The molecule has 8 nitrogen and oxygen atoms in total. The molecule has 2 atom stereocenters. The zero-order valence-corrected chi connectivity index (χ0v) is 18.2. The maximum Gasteiger partial charge on any atom is 0.509 e. The van der Waals surface area contributed by atoms with Gasteiger partial charge in [0.25, 0.3) is 0 Å². The first kappa shape index (κ1) is 24.5. The molecule has 0 amide bonds. The lowest BCUT2D eigenvalue weighted by Crippen LogP contribution is -2.44. The Balaban J connectivity index is 1.63. The number of hydrogen-bond donors (Lipinski definition) is 1. The minimum atomic E-state index is -2.11. The molecule has 0 spiro atoms. The quantitative estimate of drug-likeness (QED) is 0.358. The van der Waals surface area contributed by atoms with Crippen molar-refractivity contribution in [2.45, 2.75) is 32.0 Å². The molecule has 176 valence electrons. The topological polar surface area (TPSA) is 108 Å². The summed E-state index contributed by atoms with van der Waals surface area (Å²) in [5.41, 5.74) is 2.03. The first-order valence-electron chi connectivity index (χ1n) is 10.5. The first-order valence-corrected chi connectivity index (χ1v) is 10.5. The van der Waals surface area contributed by atoms with Crippen molar-refractivity contribution in [3.8, 4) is 0 Å². The van der Waals surface area contributed by atoms with E-state index in [-0.39, 0.29) is 19.8 Å². The number of aliphatic hydroxyl groups is 1. The standard InChI is InChI=1S/C26H24O8/c27-22(24(28)31-16-19-10-4-1-5-11-19)23(25(29)32-17-20-12-6-2-7-13-20)34-26(30)33-18-21-14-8-3-9-15-21/h1-15,22-23,27H,16-18H2. The molecule has 0 aliphatic carbocycles. The van der Waals surface area contributed by atoms with Gasteiger partial charge in [-0.15, -0.1) is 0 Å². The van der Waals surface area contributed by atoms with Gasteiger partial charge >= 0.3 is 18.1 Å². The highest BCUT2D eigenvalue weighted by Crippen LogP contribution is 2.12. The van der Waals surface area contributed by atoms with Crippen molar-refractivity contribution in [2.24, 2.45) is 0 Å². The van der Waals surface area contributed by atoms with Crippen LogP contribution in [0.2, 0.25) is 0 Å². The SMILES string of the molecule is O=C(OCc1ccccc1)OC(C(=O)OCc1ccccc1)C(O)C(=O)OCc1ccccc1. The van der Waals surface area contributed by atoms with Gasteiger partial charge in [-0.25, -0.2) is 14.4 Å². The van der Waals surface area contributed by atoms with Crippen molar-refractivity contribution in [1.29, 1.82) is 0 Å². The number of carbonyl (C=O) groups excluding carboxylic acids is 3. The Morgan fingerprint density at radius 1 is 0.588 bits per heavy atom. The molecule has 3 rings (SSSR count). The highest BCUT2D eigenvalue weighted by molar-refractivity contribution is 5.86. The van der Waals surface area contributed by atoms with Crippen LogP contribution >= 0.6 is 0 Å². The van der Waals surface area contributed by atoms with Gasteiger partial charge < -0.3 is 24.1 Å². The zero-order valence-electron chi connectivity index (χ0n) is 18.2. The van der Waals surface area contributed by atoms with Crippen LogP contribution in [0.5, 0.6) is 0 Å². The summed E-state index contributed by atoms with van der Waals surface area (Å²) in [6, 6.07) is 26.3. The van der Waals surface area contributed by atoms with Crippen LogP contribution in [0, 0.1) is 0 Å². The van der Waals surface area contributed by atoms with Gasteiger partial charge in [-0.2, -0.15) is 0 Å². The van der Waals surface area contributed by atoms with Crippen molar-refractivity contribution in [3.63, 3.8) is 0 Å². The fourth-order valence-electron chi connectivity index (χ4n) is 2.84. The monoisotopic (exact) mass is 464 g/mol. The van der Waals surface area contributed by atoms with Crippen molar-refractivity contribution >= 4 is 18.1 Å². The Morgan fingerprint density at radius 2 is 0.971 bits per heavy atom. The van der Waals surface area contributed by atoms with E-state index in [2.05, 4.69) is 0 Å². The Kier molecular flexibility index (Phi) is 9.19. The molecule has 8 heteroatoms. The van der Waals surface area contributed by atoms with Gasteiger partial charge in [0.2, 0.25) is 6.10 Å². The minimum Gasteiger partial charge on any atom is -0.459 e. The molecule has 3 aromatic rings. The van der Waals surface area contributed by atoms with Gasteiger partial charge in [-0.05, 0) is 16.7 Å². The third kappa shape index (κ3) is 7.75. The molecule has 0 saturated carbocycles. The number of aliphatic hydroxyl groups excluding tert-OH is 1. The largest absolute Gasteiger partial charge is 0.509 e. The predicted octanol–water partition coefficient (Wildman–Crippen LogP) is 3.56. The van der Waals surface area contributed by atoms with Crippen molar-refractivity contribution in [2.75, 3.05) is 0 Å². The second-order valence-electron chi connectivity index (χ2n) is 7.19. The Hall–Kier alpha value is -4.17. The fourth-order valence-corrected chi connectivity index (χ4v) is 2.84. The normalized spacial score (nSPS) is 12.1. The van der Waals surface area contributed by atoms with E-state index in [1.54, 1.807) is 91.0 Å². The molecule has 0 aromatic heterocycles. The van der Waals surface area contributed by atoms with Crippen molar-refractivity contribution in [3.05, 3.63) is 108 Å². The van der Waals surface area contributed by atoms with Gasteiger partial charge in [0, 0.05) is 0 Å². The van der Waals surface area contributed by atoms with Crippen LogP contribution < -0.4 is 0 Å². The third-order valence-corrected chi connectivity index (χ3v) is 4.63. The highest BCUT2D eigenvalue weighted by Gasteiger charge is 2.39. The molecule has 0 saturated heterocycles. The summed E-state index contributed by atoms with van der Waals surface area (Å²) in [5, 5.41) is 10.4. The number of hydrogen-bond acceptors (Lipinski definition) is 8. The van der Waals surface area contributed by atoms with Crippen LogP contribution in [-0.2, 0) is 48.4 Å². The van der Waals surface area contributed by atoms with E-state index in [0.717, 1.165) is 0 Å². The smallest absolute Gasteiger partial charge is 0.459 e. The number of esters is 2. The summed E-state index contributed by atoms with van der Waals surface area (Å²) in [4.78, 5) is 37.2. The summed E-state index contributed by atoms with van der Waals surface area (Å²) in [6.07, 6.45) is -5.34. The third-order valence-electron chi connectivity index (χ3n) is 4.63. The summed E-state index contributed by atoms with van der Waals surface area (Å²) >= 11 is 0. The number of ether oxygens (including phenoxy) is 4. The summed E-state index contributed by atoms with van der Waals surface area (Å²) in [6.45, 7) is -0.411. The zero-order chi connectivity index (χ0) is 24.2. The Bertz CT molecular complexity index is 1050. The molecule has 0 radical (unpaired) electrons. The Labute approximate surface area is 196 Å². The van der Waals surface area contributed by atoms with Crippen LogP contribution in [0.25, 0.3) is 0 Å². The first-order chi connectivity index (χ1) is 16.5. The number of rotatable bonds is 10. The van der Waals surface area contributed by atoms with Gasteiger partial charge in [-0.1, -0.05) is 91.0 Å². The maximum absolute atomic E-state index is 12.6. The molecule has 1 N–H and O–H groups in total. The van der Waals surface area contributed by atoms with E-state index < -0.39 is 30.3 Å². The van der Waals surface area contributed by atoms with E-state index in [1.807, 2.05) is 0 Å². The molecular formula is C26H24O8. The second kappa shape index (κ2) is 12.8. The van der Waals surface area contributed by atoms with Gasteiger partial charge in [0.15, 0.2) is 6.10 Å². The lowest BCUT2D eigenvalue weighted by atomic mass is 10.2. The van der Waals surface area contributed by atoms with Crippen molar-refractivity contribution in [1.82, 2.24) is 0 Å². The number of carbonyl (C=O) groups is 3. The van der Waals surface area contributed by atoms with Crippen LogP contribution in [0.15, 0.2) is 91.0 Å². The minimum absolute atomic E-state index is 0.125. The van der Waals surface area contributed by atoms with Crippen LogP contribution in [0.4, 0.5) is 4.79 Å². The second-order valence-corrected chi connectivity index (χ2v) is 7.19. The average molecular weight is 464 g/mol. The predicted molar refractivity (Wildman–Crippen MR) is 120 cm³/mol. The van der Waals surface area contributed by atoms with Crippen molar-refractivity contribution < 1.29 is 38.4 Å². The molecular weight excluding hydrogens is 440 g/mol. The summed E-state index contributed by atoms with van der Waals surface area (Å²) in [7, 11) is 0. The summed E-state index contributed by atoms with van der Waals surface area (Å²) in [5.74, 6) is -2.27. The van der Waals surface area contributed by atoms with Crippen LogP contribution in [-0.4, -0.2) is 35.4 Å². The van der Waals surface area contributed by atoms with Gasteiger partial charge in [0.1, 0.15) is 19.8 Å². The van der Waals surface area contributed by atoms with E-state index in [0.29, 0.717) is 16.7 Å². The van der Waals surface area contributed by atoms with E-state index >= 15 is 0 Å². The maximum atomic E-state index is 12.6. The Morgan fingerprint density at radius 3 is 1.41 bits per heavy atom. The van der Waals surface area contributed by atoms with E-state index in [1.165, 1.54) is 0 Å². The lowest BCUT2D eigenvalue weighted by Gasteiger charge is -2.20. The molecule has 3 aromatic carbocycles. The lowest BCUT2D eigenvalue weighted by molar-refractivity contribution is -0.176. The average Bonchev–Trinajstić information content (AvgIpc) is 2.89. The summed E-state index contributed by atoms with van der Waals surface area (Å²) < 4.78 is 20.2. The molecule has 0 aliphatic rings. The highest BCUT2D eigenvalue weighted by atomic mass is 16.7. The molecule has 34 heavy (non-hydrogen) atoms. The van der Waals surface area contributed by atoms with E-state index in [9.17, 15) is 19.5 Å². The number of benzene rings is 3. The van der Waals surface area contributed by atoms with Gasteiger partial charge in [-0.3, -0.25) is 0 Å². The van der Waals surface area contributed by atoms with Crippen LogP contribution in [0.1, 0.15) is 16.7 Å². The van der Waals surface area contributed by atoms with Crippen LogP contribution in [0.3, 0.4) is 0 Å². The van der Waals surface area contributed by atoms with E-state index in [4.69, 9.17) is 18.9 Å². The molecule has 2 unspecified atom stereocenters. The fraction of sp³-hybridized carbons (Fsp3) is 0.192. The molecule has 0 fully saturated rings. The molecule has 0 bridgehead atoms. The molecule has 0 aliphatic heterocycles. The molecule has 0 heterocycles.